The average molecular weight is 454 g/mol. The molecule has 1 aliphatic rings. The zero-order chi connectivity index (χ0) is 22.9. The lowest BCUT2D eigenvalue weighted by Crippen LogP contribution is -2.15. The van der Waals surface area contributed by atoms with Crippen molar-refractivity contribution < 1.29 is 14.2 Å². The van der Waals surface area contributed by atoms with E-state index in [2.05, 4.69) is 25.4 Å². The molecule has 6 rings (SSSR count). The fraction of sp³-hybridized carbons (Fsp3) is 0.200. The number of nitrogens with one attached hydrogen (secondary N) is 1. The SMILES string of the molecule is Cc1cc(Nc2ncnc3ccc(O[C@@H]4CCOC4)cc23)ccc1Oc1ccn2ncnc2c1. The topological polar surface area (TPSA) is 95.7 Å². The first-order valence-corrected chi connectivity index (χ1v) is 11.1. The lowest BCUT2D eigenvalue weighted by Gasteiger charge is -2.14. The fourth-order valence-corrected chi connectivity index (χ4v) is 3.97. The van der Waals surface area contributed by atoms with E-state index in [9.17, 15) is 0 Å². The Kier molecular flexibility index (Phi) is 5.15. The van der Waals surface area contributed by atoms with Crippen LogP contribution >= 0.6 is 0 Å². The Labute approximate surface area is 195 Å². The quantitative estimate of drug-likeness (QED) is 0.395. The molecule has 1 fully saturated rings. The van der Waals surface area contributed by atoms with E-state index in [0.29, 0.717) is 18.2 Å². The second-order valence-electron chi connectivity index (χ2n) is 8.14. The van der Waals surface area contributed by atoms with Gasteiger partial charge in [-0.05, 0) is 55.0 Å². The summed E-state index contributed by atoms with van der Waals surface area (Å²) in [5.41, 5.74) is 3.45. The number of nitrogens with zero attached hydrogens (tertiary/aromatic N) is 5. The van der Waals surface area contributed by atoms with Crippen LogP contribution in [-0.4, -0.2) is 43.9 Å². The van der Waals surface area contributed by atoms with Gasteiger partial charge in [0.15, 0.2) is 5.65 Å². The van der Waals surface area contributed by atoms with Crippen LogP contribution in [0.2, 0.25) is 0 Å². The van der Waals surface area contributed by atoms with Crippen LogP contribution in [0.15, 0.2) is 67.4 Å². The largest absolute Gasteiger partial charge is 0.488 e. The molecule has 4 heterocycles. The summed E-state index contributed by atoms with van der Waals surface area (Å²) in [5.74, 6) is 2.96. The van der Waals surface area contributed by atoms with Gasteiger partial charge in [0.25, 0.3) is 0 Å². The number of benzene rings is 2. The van der Waals surface area contributed by atoms with Crippen molar-refractivity contribution in [3.8, 4) is 17.2 Å². The molecular formula is C25H22N6O3. The number of pyridine rings is 1. The maximum Gasteiger partial charge on any atom is 0.158 e. The highest BCUT2D eigenvalue weighted by molar-refractivity contribution is 5.91. The van der Waals surface area contributed by atoms with Crippen LogP contribution in [0.4, 0.5) is 11.5 Å². The van der Waals surface area contributed by atoms with Crippen molar-refractivity contribution in [3.63, 3.8) is 0 Å². The molecule has 0 unspecified atom stereocenters. The van der Waals surface area contributed by atoms with Crippen LogP contribution in [-0.2, 0) is 4.74 Å². The van der Waals surface area contributed by atoms with E-state index in [-0.39, 0.29) is 6.10 Å². The Morgan fingerprint density at radius 3 is 2.85 bits per heavy atom. The first-order valence-electron chi connectivity index (χ1n) is 11.1. The third-order valence-electron chi connectivity index (χ3n) is 5.72. The number of aromatic nitrogens is 5. The van der Waals surface area contributed by atoms with Crippen molar-refractivity contribution in [2.24, 2.45) is 0 Å². The van der Waals surface area contributed by atoms with Gasteiger partial charge in [0, 0.05) is 29.8 Å². The minimum atomic E-state index is 0.0825. The average Bonchev–Trinajstić information content (AvgIpc) is 3.53. The summed E-state index contributed by atoms with van der Waals surface area (Å²) in [4.78, 5) is 13.1. The van der Waals surface area contributed by atoms with E-state index in [1.807, 2.05) is 61.7 Å². The minimum absolute atomic E-state index is 0.0825. The number of ether oxygens (including phenoxy) is 3. The predicted molar refractivity (Wildman–Crippen MR) is 127 cm³/mol. The van der Waals surface area contributed by atoms with Crippen molar-refractivity contribution in [2.75, 3.05) is 18.5 Å². The van der Waals surface area contributed by atoms with Crippen molar-refractivity contribution in [1.29, 1.82) is 0 Å². The van der Waals surface area contributed by atoms with Crippen LogP contribution in [0.1, 0.15) is 12.0 Å². The number of hydrogen-bond donors (Lipinski definition) is 1. The lowest BCUT2D eigenvalue weighted by atomic mass is 10.2. The molecule has 0 spiro atoms. The maximum absolute atomic E-state index is 6.08. The minimum Gasteiger partial charge on any atom is -0.488 e. The van der Waals surface area contributed by atoms with E-state index < -0.39 is 0 Å². The second kappa shape index (κ2) is 8.60. The van der Waals surface area contributed by atoms with E-state index in [1.54, 1.807) is 10.8 Å². The predicted octanol–water partition coefficient (Wildman–Crippen LogP) is 4.68. The van der Waals surface area contributed by atoms with Crippen LogP contribution in [0, 0.1) is 6.92 Å². The van der Waals surface area contributed by atoms with E-state index in [4.69, 9.17) is 14.2 Å². The van der Waals surface area contributed by atoms with Gasteiger partial charge in [-0.1, -0.05) is 0 Å². The van der Waals surface area contributed by atoms with Gasteiger partial charge in [-0.15, -0.1) is 0 Å². The molecule has 5 aromatic rings. The number of aryl methyl sites for hydroxylation is 1. The second-order valence-corrected chi connectivity index (χ2v) is 8.14. The molecule has 1 saturated heterocycles. The Bertz CT molecular complexity index is 1480. The van der Waals surface area contributed by atoms with Crippen molar-refractivity contribution in [3.05, 3.63) is 72.9 Å². The third-order valence-corrected chi connectivity index (χ3v) is 5.72. The lowest BCUT2D eigenvalue weighted by molar-refractivity contribution is 0.141. The molecule has 0 aliphatic carbocycles. The molecule has 0 bridgehead atoms. The van der Waals surface area contributed by atoms with Gasteiger partial charge in [0.1, 0.15) is 41.8 Å². The van der Waals surface area contributed by atoms with E-state index in [0.717, 1.165) is 52.3 Å². The molecule has 2 aromatic carbocycles. The third kappa shape index (κ3) is 4.08. The zero-order valence-corrected chi connectivity index (χ0v) is 18.5. The first kappa shape index (κ1) is 20.4. The summed E-state index contributed by atoms with van der Waals surface area (Å²) in [6, 6.07) is 15.5. The van der Waals surface area contributed by atoms with Gasteiger partial charge in [-0.3, -0.25) is 0 Å². The monoisotopic (exact) mass is 454 g/mol. The Balaban J connectivity index is 1.23. The number of fused-ring (bicyclic) bond motifs is 2. The molecule has 1 aliphatic heterocycles. The summed E-state index contributed by atoms with van der Waals surface area (Å²) >= 11 is 0. The molecule has 1 N–H and O–H groups in total. The molecule has 9 nitrogen and oxygen atoms in total. The number of hydrogen-bond acceptors (Lipinski definition) is 8. The van der Waals surface area contributed by atoms with Crippen LogP contribution in [0.3, 0.4) is 0 Å². The summed E-state index contributed by atoms with van der Waals surface area (Å²) in [6.07, 6.45) is 5.87. The highest BCUT2D eigenvalue weighted by Gasteiger charge is 2.17. The van der Waals surface area contributed by atoms with Crippen molar-refractivity contribution >= 4 is 28.1 Å². The Hall–Kier alpha value is -4.24. The van der Waals surface area contributed by atoms with Crippen molar-refractivity contribution in [1.82, 2.24) is 24.6 Å². The summed E-state index contributed by atoms with van der Waals surface area (Å²) < 4.78 is 19.3. The highest BCUT2D eigenvalue weighted by atomic mass is 16.5. The molecule has 9 heteroatoms. The van der Waals surface area contributed by atoms with Crippen LogP contribution in [0.25, 0.3) is 16.6 Å². The molecule has 0 radical (unpaired) electrons. The fourth-order valence-electron chi connectivity index (χ4n) is 3.97. The van der Waals surface area contributed by atoms with Gasteiger partial charge in [0.2, 0.25) is 0 Å². The molecule has 0 saturated carbocycles. The molecule has 3 aromatic heterocycles. The van der Waals surface area contributed by atoms with Gasteiger partial charge in [-0.2, -0.15) is 5.10 Å². The summed E-state index contributed by atoms with van der Waals surface area (Å²) in [7, 11) is 0. The van der Waals surface area contributed by atoms with Gasteiger partial charge < -0.3 is 19.5 Å². The van der Waals surface area contributed by atoms with E-state index >= 15 is 0 Å². The molecule has 0 amide bonds. The van der Waals surface area contributed by atoms with Gasteiger partial charge in [-0.25, -0.2) is 19.5 Å². The molecule has 1 atom stereocenters. The normalized spacial score (nSPS) is 15.6. The summed E-state index contributed by atoms with van der Waals surface area (Å²) in [5, 5.41) is 8.41. The number of anilines is 2. The van der Waals surface area contributed by atoms with E-state index in [1.165, 1.54) is 6.33 Å². The molecular weight excluding hydrogens is 432 g/mol. The molecule has 170 valence electrons. The van der Waals surface area contributed by atoms with Crippen LogP contribution < -0.4 is 14.8 Å². The molecule has 34 heavy (non-hydrogen) atoms. The summed E-state index contributed by atoms with van der Waals surface area (Å²) in [6.45, 7) is 3.36. The Morgan fingerprint density at radius 2 is 1.97 bits per heavy atom. The van der Waals surface area contributed by atoms with Crippen molar-refractivity contribution in [2.45, 2.75) is 19.4 Å². The highest BCUT2D eigenvalue weighted by Crippen LogP contribution is 2.31. The maximum atomic E-state index is 6.08. The van der Waals surface area contributed by atoms with Crippen LogP contribution in [0.5, 0.6) is 17.2 Å². The number of rotatable bonds is 6. The first-order chi connectivity index (χ1) is 16.7. The standard InChI is InChI=1S/C25H22N6O3/c1-16-10-17(2-5-23(16)34-19-6-8-31-24(12-19)27-15-29-31)30-25-21-11-18(33-20-7-9-32-13-20)3-4-22(21)26-14-28-25/h2-6,8,10-12,14-15,20H,7,9,13H2,1H3,(H,26,28,30)/t20-/m1/s1. The van der Waals surface area contributed by atoms with Gasteiger partial charge in [0.05, 0.1) is 18.7 Å². The zero-order valence-electron chi connectivity index (χ0n) is 18.5. The Morgan fingerprint density at radius 1 is 1.00 bits per heavy atom. The van der Waals surface area contributed by atoms with Gasteiger partial charge >= 0.3 is 0 Å². The smallest absolute Gasteiger partial charge is 0.158 e.